The van der Waals surface area contributed by atoms with Gasteiger partial charge in [0.15, 0.2) is 0 Å². The second-order valence-electron chi connectivity index (χ2n) is 10.2. The smallest absolute Gasteiger partial charge is 0.413 e. The second kappa shape index (κ2) is 8.63. The summed E-state index contributed by atoms with van der Waals surface area (Å²) in [7, 11) is -1.99. The molecule has 0 aromatic heterocycles. The van der Waals surface area contributed by atoms with Crippen molar-refractivity contribution in [2.24, 2.45) is 5.92 Å². The highest BCUT2D eigenvalue weighted by atomic mass is 28.4. The SMILES string of the molecule is CC1(C)OB(C(CCO[Si](C)(C)c2ccccc2)C2CCCCC2)OC1(C)C. The summed E-state index contributed by atoms with van der Waals surface area (Å²) in [6.45, 7) is 14.0. The molecule has 1 atom stereocenters. The van der Waals surface area contributed by atoms with E-state index in [2.05, 4.69) is 71.1 Å². The van der Waals surface area contributed by atoms with Gasteiger partial charge in [0.2, 0.25) is 8.32 Å². The molecule has 0 spiro atoms. The lowest BCUT2D eigenvalue weighted by molar-refractivity contribution is 0.00578. The Kier molecular flexibility index (Phi) is 6.80. The zero-order valence-corrected chi connectivity index (χ0v) is 19.8. The normalized spacial score (nSPS) is 23.7. The van der Waals surface area contributed by atoms with E-state index in [1.54, 1.807) is 0 Å². The molecule has 1 aromatic carbocycles. The van der Waals surface area contributed by atoms with Crippen molar-refractivity contribution in [3.05, 3.63) is 30.3 Å². The van der Waals surface area contributed by atoms with Crippen LogP contribution in [0.2, 0.25) is 18.9 Å². The van der Waals surface area contributed by atoms with Gasteiger partial charge in [0.25, 0.3) is 0 Å². The van der Waals surface area contributed by atoms with E-state index in [1.165, 1.54) is 37.3 Å². The molecule has 1 aromatic rings. The van der Waals surface area contributed by atoms with Crippen molar-refractivity contribution in [1.29, 1.82) is 0 Å². The van der Waals surface area contributed by atoms with Gasteiger partial charge in [-0.25, -0.2) is 0 Å². The first-order valence-corrected chi connectivity index (χ1v) is 14.1. The summed E-state index contributed by atoms with van der Waals surface area (Å²) >= 11 is 0. The Morgan fingerprint density at radius 1 is 1.00 bits per heavy atom. The standard InChI is InChI=1S/C23H39BO3Si/c1-22(2)23(3,4)27-24(26-22)21(19-13-9-7-10-14-19)17-18-25-28(5,6)20-15-11-8-12-16-20/h8,11-12,15-16,19,21H,7,9-10,13-14,17-18H2,1-6H3. The molecule has 28 heavy (non-hydrogen) atoms. The van der Waals surface area contributed by atoms with Gasteiger partial charge >= 0.3 is 7.12 Å². The van der Waals surface area contributed by atoms with E-state index in [1.807, 2.05) is 0 Å². The molecular formula is C23H39BO3Si. The van der Waals surface area contributed by atoms with Crippen molar-refractivity contribution in [2.45, 2.75) is 96.3 Å². The first-order valence-electron chi connectivity index (χ1n) is 11.2. The van der Waals surface area contributed by atoms with Gasteiger partial charge < -0.3 is 13.7 Å². The van der Waals surface area contributed by atoms with Crippen LogP contribution in [0.1, 0.15) is 66.2 Å². The Balaban J connectivity index is 1.66. The molecule has 0 radical (unpaired) electrons. The maximum atomic E-state index is 6.53. The average molecular weight is 402 g/mol. The van der Waals surface area contributed by atoms with E-state index < -0.39 is 8.32 Å². The summed E-state index contributed by atoms with van der Waals surface area (Å²) in [5.74, 6) is 1.11. The van der Waals surface area contributed by atoms with Gasteiger partial charge in [0.1, 0.15) is 0 Å². The van der Waals surface area contributed by atoms with E-state index in [0.29, 0.717) is 11.7 Å². The van der Waals surface area contributed by atoms with Crippen molar-refractivity contribution in [1.82, 2.24) is 0 Å². The molecule has 1 aliphatic carbocycles. The van der Waals surface area contributed by atoms with Crippen LogP contribution in [0.3, 0.4) is 0 Å². The first kappa shape index (κ1) is 22.1. The minimum absolute atomic E-state index is 0.113. The van der Waals surface area contributed by atoms with Gasteiger partial charge in [-0.1, -0.05) is 62.4 Å². The lowest BCUT2D eigenvalue weighted by Gasteiger charge is -2.33. The fraction of sp³-hybridized carbons (Fsp3) is 0.739. The van der Waals surface area contributed by atoms with Crippen molar-refractivity contribution in [3.8, 4) is 0 Å². The molecule has 1 saturated carbocycles. The number of benzene rings is 1. The maximum Gasteiger partial charge on any atom is 0.461 e. The average Bonchev–Trinajstić information content (AvgIpc) is 2.87. The maximum absolute atomic E-state index is 6.53. The van der Waals surface area contributed by atoms with Crippen LogP contribution in [-0.4, -0.2) is 33.2 Å². The predicted octanol–water partition coefficient (Wildman–Crippen LogP) is 5.55. The second-order valence-corrected chi connectivity index (χ2v) is 14.1. The van der Waals surface area contributed by atoms with E-state index in [0.717, 1.165) is 13.0 Å². The van der Waals surface area contributed by atoms with Crippen LogP contribution in [-0.2, 0) is 13.7 Å². The third-order valence-electron chi connectivity index (χ3n) is 7.26. The van der Waals surface area contributed by atoms with Crippen molar-refractivity contribution >= 4 is 20.6 Å². The fourth-order valence-electron chi connectivity index (χ4n) is 4.59. The van der Waals surface area contributed by atoms with Crippen molar-refractivity contribution in [2.75, 3.05) is 6.61 Å². The third-order valence-corrected chi connectivity index (χ3v) is 9.91. The van der Waals surface area contributed by atoms with E-state index in [4.69, 9.17) is 13.7 Å². The van der Waals surface area contributed by atoms with Crippen LogP contribution in [0.4, 0.5) is 0 Å². The Morgan fingerprint density at radius 3 is 2.14 bits per heavy atom. The Bertz CT molecular complexity index is 610. The molecule has 1 aliphatic heterocycles. The monoisotopic (exact) mass is 402 g/mol. The summed E-state index contributed by atoms with van der Waals surface area (Å²) in [4.78, 5) is 0. The van der Waals surface area contributed by atoms with Gasteiger partial charge in [0.05, 0.1) is 11.2 Å². The fourth-order valence-corrected chi connectivity index (χ4v) is 6.38. The number of hydrogen-bond donors (Lipinski definition) is 0. The highest BCUT2D eigenvalue weighted by molar-refractivity contribution is 6.84. The molecule has 1 unspecified atom stereocenters. The van der Waals surface area contributed by atoms with Gasteiger partial charge in [0, 0.05) is 6.61 Å². The van der Waals surface area contributed by atoms with E-state index in [-0.39, 0.29) is 18.3 Å². The lowest BCUT2D eigenvalue weighted by atomic mass is 9.60. The summed E-state index contributed by atoms with van der Waals surface area (Å²) in [5.41, 5.74) is -0.521. The molecule has 3 rings (SSSR count). The lowest BCUT2D eigenvalue weighted by Crippen LogP contribution is -2.45. The van der Waals surface area contributed by atoms with Gasteiger partial charge in [-0.05, 0) is 64.1 Å². The van der Waals surface area contributed by atoms with Gasteiger partial charge in [-0.3, -0.25) is 0 Å². The summed E-state index contributed by atoms with van der Waals surface area (Å²) in [6.07, 6.45) is 7.67. The summed E-state index contributed by atoms with van der Waals surface area (Å²) in [6, 6.07) is 10.7. The van der Waals surface area contributed by atoms with Crippen LogP contribution in [0.5, 0.6) is 0 Å². The quantitative estimate of drug-likeness (QED) is 0.560. The number of rotatable bonds is 7. The molecule has 2 fully saturated rings. The highest BCUT2D eigenvalue weighted by Crippen LogP contribution is 2.46. The van der Waals surface area contributed by atoms with Crippen molar-refractivity contribution < 1.29 is 13.7 Å². The Morgan fingerprint density at radius 2 is 1.57 bits per heavy atom. The minimum atomic E-state index is -1.87. The molecule has 0 amide bonds. The summed E-state index contributed by atoms with van der Waals surface area (Å²) < 4.78 is 19.5. The van der Waals surface area contributed by atoms with Crippen LogP contribution in [0, 0.1) is 5.92 Å². The molecule has 2 aliphatic rings. The molecule has 0 N–H and O–H groups in total. The molecule has 1 saturated heterocycles. The van der Waals surface area contributed by atoms with Crippen LogP contribution < -0.4 is 5.19 Å². The van der Waals surface area contributed by atoms with Crippen LogP contribution in [0.15, 0.2) is 30.3 Å². The van der Waals surface area contributed by atoms with E-state index in [9.17, 15) is 0 Å². The molecule has 156 valence electrons. The molecule has 3 nitrogen and oxygen atoms in total. The highest BCUT2D eigenvalue weighted by Gasteiger charge is 2.54. The molecular weight excluding hydrogens is 363 g/mol. The Labute approximate surface area is 173 Å². The topological polar surface area (TPSA) is 27.7 Å². The summed E-state index contributed by atoms with van der Waals surface area (Å²) in [5, 5.41) is 1.36. The molecule has 1 heterocycles. The number of hydrogen-bond acceptors (Lipinski definition) is 3. The van der Waals surface area contributed by atoms with Crippen LogP contribution in [0.25, 0.3) is 0 Å². The van der Waals surface area contributed by atoms with Gasteiger partial charge in [-0.15, -0.1) is 0 Å². The predicted molar refractivity (Wildman–Crippen MR) is 121 cm³/mol. The molecule has 5 heteroatoms. The van der Waals surface area contributed by atoms with Gasteiger partial charge in [-0.2, -0.15) is 0 Å². The third kappa shape index (κ3) is 4.92. The zero-order chi connectivity index (χ0) is 20.4. The largest absolute Gasteiger partial charge is 0.461 e. The van der Waals surface area contributed by atoms with E-state index >= 15 is 0 Å². The zero-order valence-electron chi connectivity index (χ0n) is 18.8. The van der Waals surface area contributed by atoms with Crippen LogP contribution >= 0.6 is 0 Å². The Hall–Kier alpha value is -0.618. The minimum Gasteiger partial charge on any atom is -0.413 e. The first-order chi connectivity index (χ1) is 13.1. The molecule has 0 bridgehead atoms. The van der Waals surface area contributed by atoms with Crippen molar-refractivity contribution in [3.63, 3.8) is 0 Å².